The Morgan fingerprint density at radius 3 is 1.54 bits per heavy atom. The Morgan fingerprint density at radius 1 is 0.750 bits per heavy atom. The summed E-state index contributed by atoms with van der Waals surface area (Å²) in [5.74, 6) is 0. The normalized spacial score (nSPS) is 27.0. The first kappa shape index (κ1) is 18.9. The second-order valence-corrected chi connectivity index (χ2v) is 11.0. The number of rotatable bonds is 2. The second-order valence-electron chi connectivity index (χ2n) is 8.55. The fourth-order valence-electron chi connectivity index (χ4n) is 2.61. The van der Waals surface area contributed by atoms with Gasteiger partial charge in [-0.2, -0.15) is 0 Å². The Labute approximate surface area is 158 Å². The molecule has 2 aliphatic heterocycles. The third-order valence-electron chi connectivity index (χ3n) is 5.72. The highest BCUT2D eigenvalue weighted by Crippen LogP contribution is 2.39. The van der Waals surface area contributed by atoms with Gasteiger partial charge in [0.2, 0.25) is 0 Å². The number of halogens is 1. The van der Waals surface area contributed by atoms with E-state index in [1.165, 1.54) is 0 Å². The van der Waals surface area contributed by atoms with E-state index in [9.17, 15) is 0 Å². The van der Waals surface area contributed by atoms with Gasteiger partial charge >= 0.3 is 14.2 Å². The molecule has 0 spiro atoms. The SMILES string of the molecule is CC1(C)OB(c2cc(B3OC(C)(C)C(C)(C)O3)c(Br)s2)OC1(C)C. The van der Waals surface area contributed by atoms with E-state index in [2.05, 4.69) is 77.4 Å². The van der Waals surface area contributed by atoms with E-state index >= 15 is 0 Å². The lowest BCUT2D eigenvalue weighted by molar-refractivity contribution is 0.00578. The van der Waals surface area contributed by atoms with Crippen LogP contribution in [0.4, 0.5) is 0 Å². The average molecular weight is 415 g/mol. The van der Waals surface area contributed by atoms with Crippen LogP contribution in [0.1, 0.15) is 55.4 Å². The van der Waals surface area contributed by atoms with E-state index in [1.54, 1.807) is 11.3 Å². The molecule has 0 amide bonds. The molecule has 2 aliphatic rings. The molecule has 2 saturated heterocycles. The molecule has 1 aromatic heterocycles. The summed E-state index contributed by atoms with van der Waals surface area (Å²) < 4.78 is 26.6. The quantitative estimate of drug-likeness (QED) is 0.697. The first-order valence-electron chi connectivity index (χ1n) is 8.26. The minimum absolute atomic E-state index is 0.349. The van der Waals surface area contributed by atoms with Crippen molar-refractivity contribution in [2.45, 2.75) is 77.8 Å². The van der Waals surface area contributed by atoms with E-state index in [0.717, 1.165) is 14.0 Å². The number of hydrogen-bond acceptors (Lipinski definition) is 5. The van der Waals surface area contributed by atoms with Crippen molar-refractivity contribution in [1.82, 2.24) is 0 Å². The second kappa shape index (κ2) is 5.57. The highest BCUT2D eigenvalue weighted by atomic mass is 79.9. The number of thiophene rings is 1. The zero-order chi connectivity index (χ0) is 18.1. The van der Waals surface area contributed by atoms with Gasteiger partial charge in [-0.15, -0.1) is 11.3 Å². The smallest absolute Gasteiger partial charge is 0.399 e. The van der Waals surface area contributed by atoms with Gasteiger partial charge in [-0.3, -0.25) is 0 Å². The van der Waals surface area contributed by atoms with Crippen molar-refractivity contribution >= 4 is 51.7 Å². The van der Waals surface area contributed by atoms with Crippen LogP contribution >= 0.6 is 27.3 Å². The van der Waals surface area contributed by atoms with Crippen LogP contribution in [0.25, 0.3) is 0 Å². The van der Waals surface area contributed by atoms with E-state index in [1.807, 2.05) is 0 Å². The summed E-state index contributed by atoms with van der Waals surface area (Å²) in [6.07, 6.45) is 0. The maximum Gasteiger partial charge on any atom is 0.505 e. The van der Waals surface area contributed by atoms with Crippen LogP contribution in [-0.2, 0) is 18.6 Å². The molecule has 0 atom stereocenters. The fourth-order valence-corrected chi connectivity index (χ4v) is 4.33. The molecule has 0 N–H and O–H groups in total. The van der Waals surface area contributed by atoms with Gasteiger partial charge in [0.1, 0.15) is 0 Å². The third-order valence-corrected chi connectivity index (χ3v) is 7.63. The van der Waals surface area contributed by atoms with Gasteiger partial charge in [-0.25, -0.2) is 0 Å². The molecular formula is C16H25B2BrO4S. The molecule has 1 aromatic rings. The standard InChI is InChI=1S/C16H25B2BrO4S/c1-13(2)14(3,4)21-17(20-13)10-9-11(24-12(10)19)18-22-15(5,6)16(7,8)23-18/h9H,1-8H3. The molecule has 3 heterocycles. The lowest BCUT2D eigenvalue weighted by Gasteiger charge is -2.32. The van der Waals surface area contributed by atoms with Gasteiger partial charge in [0.15, 0.2) is 0 Å². The summed E-state index contributed by atoms with van der Waals surface area (Å²) in [5.41, 5.74) is -0.423. The van der Waals surface area contributed by atoms with Gasteiger partial charge in [0.25, 0.3) is 0 Å². The topological polar surface area (TPSA) is 36.9 Å². The lowest BCUT2D eigenvalue weighted by atomic mass is 9.78. The monoisotopic (exact) mass is 414 g/mol. The third kappa shape index (κ3) is 2.93. The van der Waals surface area contributed by atoms with Crippen molar-refractivity contribution in [3.63, 3.8) is 0 Å². The average Bonchev–Trinajstić information content (AvgIpc) is 2.93. The maximum atomic E-state index is 6.16. The summed E-state index contributed by atoms with van der Waals surface area (Å²) >= 11 is 5.26. The Kier molecular flexibility index (Phi) is 4.39. The first-order chi connectivity index (χ1) is 10.8. The molecule has 3 rings (SSSR count). The van der Waals surface area contributed by atoms with Crippen LogP contribution in [0.2, 0.25) is 0 Å². The molecule has 0 bridgehead atoms. The molecular weight excluding hydrogens is 390 g/mol. The maximum absolute atomic E-state index is 6.16. The minimum Gasteiger partial charge on any atom is -0.399 e. The molecule has 8 heteroatoms. The molecule has 0 aliphatic carbocycles. The van der Waals surface area contributed by atoms with Crippen LogP contribution in [0, 0.1) is 0 Å². The molecule has 0 aromatic carbocycles. The Morgan fingerprint density at radius 2 is 1.12 bits per heavy atom. The van der Waals surface area contributed by atoms with Crippen molar-refractivity contribution in [2.24, 2.45) is 0 Å². The van der Waals surface area contributed by atoms with Crippen molar-refractivity contribution in [2.75, 3.05) is 0 Å². The number of hydrogen-bond donors (Lipinski definition) is 0. The first-order valence-corrected chi connectivity index (χ1v) is 9.87. The van der Waals surface area contributed by atoms with E-state index in [4.69, 9.17) is 18.6 Å². The molecule has 0 radical (unpaired) electrons. The predicted octanol–water partition coefficient (Wildman–Crippen LogP) is 3.11. The zero-order valence-electron chi connectivity index (χ0n) is 15.7. The van der Waals surface area contributed by atoms with E-state index < -0.39 is 7.12 Å². The molecule has 132 valence electrons. The summed E-state index contributed by atoms with van der Waals surface area (Å²) in [6, 6.07) is 2.07. The van der Waals surface area contributed by atoms with Crippen molar-refractivity contribution in [3.8, 4) is 0 Å². The van der Waals surface area contributed by atoms with Gasteiger partial charge in [0.05, 0.1) is 26.2 Å². The van der Waals surface area contributed by atoms with Crippen LogP contribution in [0.5, 0.6) is 0 Å². The highest BCUT2D eigenvalue weighted by molar-refractivity contribution is 9.11. The Balaban J connectivity index is 1.85. The van der Waals surface area contributed by atoms with Crippen LogP contribution < -0.4 is 10.2 Å². The van der Waals surface area contributed by atoms with Crippen molar-refractivity contribution in [1.29, 1.82) is 0 Å². The zero-order valence-corrected chi connectivity index (χ0v) is 18.1. The molecule has 4 nitrogen and oxygen atoms in total. The van der Waals surface area contributed by atoms with Gasteiger partial charge < -0.3 is 18.6 Å². The minimum atomic E-state index is -0.392. The summed E-state index contributed by atoms with van der Waals surface area (Å²) in [4.78, 5) is 0. The fraction of sp³-hybridized carbons (Fsp3) is 0.750. The predicted molar refractivity (Wildman–Crippen MR) is 103 cm³/mol. The molecule has 2 fully saturated rings. The van der Waals surface area contributed by atoms with E-state index in [-0.39, 0.29) is 29.5 Å². The van der Waals surface area contributed by atoms with E-state index in [0.29, 0.717) is 0 Å². The van der Waals surface area contributed by atoms with Gasteiger partial charge in [-0.05, 0) is 71.3 Å². The van der Waals surface area contributed by atoms with Gasteiger partial charge in [-0.1, -0.05) is 6.07 Å². The summed E-state index contributed by atoms with van der Waals surface area (Å²) in [6.45, 7) is 16.5. The molecule has 0 unspecified atom stereocenters. The van der Waals surface area contributed by atoms with Crippen molar-refractivity contribution in [3.05, 3.63) is 9.85 Å². The van der Waals surface area contributed by atoms with Crippen molar-refractivity contribution < 1.29 is 18.6 Å². The Bertz CT molecular complexity index is 625. The van der Waals surface area contributed by atoms with Crippen LogP contribution in [0.15, 0.2) is 9.85 Å². The largest absolute Gasteiger partial charge is 0.505 e. The highest BCUT2D eigenvalue weighted by Gasteiger charge is 2.55. The summed E-state index contributed by atoms with van der Waals surface area (Å²) in [7, 11) is -0.760. The molecule has 0 saturated carbocycles. The van der Waals surface area contributed by atoms with Crippen LogP contribution in [-0.4, -0.2) is 36.6 Å². The molecule has 24 heavy (non-hydrogen) atoms. The Hall–Kier alpha value is 0.150. The van der Waals surface area contributed by atoms with Gasteiger partial charge in [0, 0.05) is 10.2 Å². The lowest BCUT2D eigenvalue weighted by Crippen LogP contribution is -2.41. The summed E-state index contributed by atoms with van der Waals surface area (Å²) in [5, 5.41) is 0. The van der Waals surface area contributed by atoms with Crippen LogP contribution in [0.3, 0.4) is 0 Å².